The van der Waals surface area contributed by atoms with Gasteiger partial charge in [0.15, 0.2) is 0 Å². The molecule has 112 valence electrons. The summed E-state index contributed by atoms with van der Waals surface area (Å²) in [6.45, 7) is 7.61. The molecule has 2 atom stereocenters. The van der Waals surface area contributed by atoms with Crippen LogP contribution in [0.4, 0.5) is 5.69 Å². The Morgan fingerprint density at radius 3 is 2.95 bits per heavy atom. The van der Waals surface area contributed by atoms with E-state index in [4.69, 9.17) is 0 Å². The molecule has 1 aliphatic rings. The fourth-order valence-electron chi connectivity index (χ4n) is 3.09. The molecular weight excluding hydrogens is 260 g/mol. The van der Waals surface area contributed by atoms with Crippen LogP contribution in [0.5, 0.6) is 0 Å². The third-order valence-corrected chi connectivity index (χ3v) is 4.28. The second-order valence-corrected chi connectivity index (χ2v) is 6.10. The van der Waals surface area contributed by atoms with E-state index in [9.17, 15) is 0 Å². The smallest absolute Gasteiger partial charge is 0.0733 e. The van der Waals surface area contributed by atoms with Crippen LogP contribution < -0.4 is 10.6 Å². The number of aromatic nitrogens is 2. The van der Waals surface area contributed by atoms with Crippen LogP contribution in [0.25, 0.3) is 5.69 Å². The van der Waals surface area contributed by atoms with Gasteiger partial charge < -0.3 is 10.6 Å². The normalized spacial score (nSPS) is 19.7. The van der Waals surface area contributed by atoms with Gasteiger partial charge in [-0.05, 0) is 51.8 Å². The Labute approximate surface area is 126 Å². The predicted octanol–water partition coefficient (Wildman–Crippen LogP) is 3.04. The van der Waals surface area contributed by atoms with Gasteiger partial charge in [0, 0.05) is 12.1 Å². The van der Waals surface area contributed by atoms with E-state index >= 15 is 0 Å². The molecule has 2 aromatic rings. The van der Waals surface area contributed by atoms with Crippen molar-refractivity contribution < 1.29 is 0 Å². The van der Waals surface area contributed by atoms with Gasteiger partial charge >= 0.3 is 0 Å². The molecule has 0 amide bonds. The molecule has 4 nitrogen and oxygen atoms in total. The first-order chi connectivity index (χ1) is 10.1. The van der Waals surface area contributed by atoms with Crippen LogP contribution in [0.2, 0.25) is 0 Å². The minimum atomic E-state index is 0.421. The highest BCUT2D eigenvalue weighted by molar-refractivity contribution is 5.47. The molecule has 1 fully saturated rings. The summed E-state index contributed by atoms with van der Waals surface area (Å²) in [6.07, 6.45) is 6.51. The van der Waals surface area contributed by atoms with Gasteiger partial charge in [-0.2, -0.15) is 5.10 Å². The number of hydrogen-bond donors (Lipinski definition) is 2. The Balaban J connectivity index is 1.73. The Morgan fingerprint density at radius 2 is 2.24 bits per heavy atom. The fourth-order valence-corrected chi connectivity index (χ4v) is 3.09. The molecule has 3 rings (SSSR count). The van der Waals surface area contributed by atoms with Crippen molar-refractivity contribution in [3.63, 3.8) is 0 Å². The van der Waals surface area contributed by atoms with Gasteiger partial charge in [0.25, 0.3) is 0 Å². The molecule has 1 saturated heterocycles. The van der Waals surface area contributed by atoms with Crippen molar-refractivity contribution in [3.05, 3.63) is 41.7 Å². The first kappa shape index (κ1) is 14.1. The number of rotatable bonds is 4. The summed E-state index contributed by atoms with van der Waals surface area (Å²) >= 11 is 0. The topological polar surface area (TPSA) is 41.9 Å². The van der Waals surface area contributed by atoms with Crippen LogP contribution in [-0.2, 0) is 0 Å². The van der Waals surface area contributed by atoms with Crippen molar-refractivity contribution >= 4 is 5.69 Å². The maximum Gasteiger partial charge on any atom is 0.0733 e. The lowest BCUT2D eigenvalue weighted by Gasteiger charge is -2.20. The molecule has 1 unspecified atom stereocenters. The maximum absolute atomic E-state index is 4.49. The molecule has 2 heterocycles. The van der Waals surface area contributed by atoms with E-state index in [1.165, 1.54) is 24.0 Å². The van der Waals surface area contributed by atoms with E-state index in [0.29, 0.717) is 12.1 Å². The fraction of sp³-hybridized carbons (Fsp3) is 0.471. The molecule has 0 bridgehead atoms. The van der Waals surface area contributed by atoms with Gasteiger partial charge in [0.2, 0.25) is 0 Å². The minimum absolute atomic E-state index is 0.421. The molecule has 2 N–H and O–H groups in total. The first-order valence-corrected chi connectivity index (χ1v) is 7.76. The standard InChI is InChI=1S/C17H24N4/c1-12-6-7-17(13(2)9-12)21-11-15(10-19-21)20-14(3)16-5-4-8-18-16/h6-7,9-11,14,16,18,20H,4-5,8H2,1-3H3/t14?,16-/m1/s1. The van der Waals surface area contributed by atoms with Crippen LogP contribution >= 0.6 is 0 Å². The van der Waals surface area contributed by atoms with Gasteiger partial charge in [0.1, 0.15) is 0 Å². The second kappa shape index (κ2) is 5.90. The van der Waals surface area contributed by atoms with Crippen molar-refractivity contribution in [1.82, 2.24) is 15.1 Å². The number of benzene rings is 1. The quantitative estimate of drug-likeness (QED) is 0.907. The Bertz CT molecular complexity index is 611. The molecule has 1 aromatic carbocycles. The second-order valence-electron chi connectivity index (χ2n) is 6.10. The third-order valence-electron chi connectivity index (χ3n) is 4.28. The van der Waals surface area contributed by atoms with Crippen LogP contribution in [0.15, 0.2) is 30.6 Å². The molecule has 1 aliphatic heterocycles. The van der Waals surface area contributed by atoms with Crippen LogP contribution in [0, 0.1) is 13.8 Å². The molecule has 0 saturated carbocycles. The van der Waals surface area contributed by atoms with E-state index in [-0.39, 0.29) is 0 Å². The number of hydrogen-bond acceptors (Lipinski definition) is 3. The molecule has 0 radical (unpaired) electrons. The molecule has 4 heteroatoms. The van der Waals surface area contributed by atoms with Crippen molar-refractivity contribution in [1.29, 1.82) is 0 Å². The molecule has 1 aromatic heterocycles. The zero-order chi connectivity index (χ0) is 14.8. The lowest BCUT2D eigenvalue weighted by molar-refractivity contribution is 0.538. The minimum Gasteiger partial charge on any atom is -0.378 e. The SMILES string of the molecule is Cc1ccc(-n2cc(NC(C)[C@H]3CCCN3)cn2)c(C)c1. The van der Waals surface area contributed by atoms with E-state index in [2.05, 4.69) is 60.9 Å². The Morgan fingerprint density at radius 1 is 1.38 bits per heavy atom. The summed E-state index contributed by atoms with van der Waals surface area (Å²) in [7, 11) is 0. The van der Waals surface area contributed by atoms with E-state index in [1.54, 1.807) is 0 Å². The molecule has 21 heavy (non-hydrogen) atoms. The summed E-state index contributed by atoms with van der Waals surface area (Å²) in [5.74, 6) is 0. The van der Waals surface area contributed by atoms with Gasteiger partial charge in [0.05, 0.1) is 23.8 Å². The lowest BCUT2D eigenvalue weighted by atomic mass is 10.1. The lowest BCUT2D eigenvalue weighted by Crippen LogP contribution is -2.37. The number of aryl methyl sites for hydroxylation is 2. The van der Waals surface area contributed by atoms with E-state index in [1.807, 2.05) is 10.9 Å². The zero-order valence-electron chi connectivity index (χ0n) is 13.1. The van der Waals surface area contributed by atoms with Crippen molar-refractivity contribution in [3.8, 4) is 5.69 Å². The van der Waals surface area contributed by atoms with Crippen molar-refractivity contribution in [2.24, 2.45) is 0 Å². The summed E-state index contributed by atoms with van der Waals surface area (Å²) in [4.78, 5) is 0. The van der Waals surface area contributed by atoms with Crippen LogP contribution in [0.1, 0.15) is 30.9 Å². The first-order valence-electron chi connectivity index (χ1n) is 7.76. The van der Waals surface area contributed by atoms with Gasteiger partial charge in [-0.25, -0.2) is 4.68 Å². The van der Waals surface area contributed by atoms with Crippen LogP contribution in [-0.4, -0.2) is 28.4 Å². The number of nitrogens with zero attached hydrogens (tertiary/aromatic N) is 2. The summed E-state index contributed by atoms with van der Waals surface area (Å²) in [5.41, 5.74) is 4.74. The van der Waals surface area contributed by atoms with Gasteiger partial charge in [-0.3, -0.25) is 0 Å². The van der Waals surface area contributed by atoms with Gasteiger partial charge in [-0.1, -0.05) is 17.7 Å². The molecule has 0 spiro atoms. The molecule has 0 aliphatic carbocycles. The van der Waals surface area contributed by atoms with Crippen molar-refractivity contribution in [2.75, 3.05) is 11.9 Å². The predicted molar refractivity (Wildman–Crippen MR) is 87.1 cm³/mol. The highest BCUT2D eigenvalue weighted by Gasteiger charge is 2.20. The largest absolute Gasteiger partial charge is 0.378 e. The average molecular weight is 284 g/mol. The highest BCUT2D eigenvalue weighted by Crippen LogP contribution is 2.19. The number of anilines is 1. The van der Waals surface area contributed by atoms with Crippen LogP contribution in [0.3, 0.4) is 0 Å². The van der Waals surface area contributed by atoms with E-state index in [0.717, 1.165) is 17.9 Å². The summed E-state index contributed by atoms with van der Waals surface area (Å²) in [6, 6.07) is 7.43. The summed E-state index contributed by atoms with van der Waals surface area (Å²) in [5, 5.41) is 11.6. The Kier molecular flexibility index (Phi) is 3.97. The van der Waals surface area contributed by atoms with Gasteiger partial charge in [-0.15, -0.1) is 0 Å². The average Bonchev–Trinajstić information content (AvgIpc) is 3.09. The Hall–Kier alpha value is -1.81. The number of nitrogens with one attached hydrogen (secondary N) is 2. The van der Waals surface area contributed by atoms with Crippen molar-refractivity contribution in [2.45, 2.75) is 45.7 Å². The highest BCUT2D eigenvalue weighted by atomic mass is 15.3. The zero-order valence-corrected chi connectivity index (χ0v) is 13.1. The monoisotopic (exact) mass is 284 g/mol. The molecular formula is C17H24N4. The summed E-state index contributed by atoms with van der Waals surface area (Å²) < 4.78 is 1.95. The maximum atomic E-state index is 4.49. The third kappa shape index (κ3) is 3.10. The van der Waals surface area contributed by atoms with E-state index < -0.39 is 0 Å².